The fraction of sp³-hybridized carbons (Fsp3) is 0.444. The summed E-state index contributed by atoms with van der Waals surface area (Å²) in [5, 5.41) is 16.6. The third-order valence-corrected chi connectivity index (χ3v) is 3.68. The van der Waals surface area contributed by atoms with Gasteiger partial charge in [0.05, 0.1) is 24.5 Å². The molecule has 0 unspecified atom stereocenters. The van der Waals surface area contributed by atoms with Gasteiger partial charge in [0.1, 0.15) is 0 Å². The molecular weight excluding hydrogens is 300 g/mol. The molecule has 0 fully saturated rings. The molecule has 2 heterocycles. The normalized spacial score (nSPS) is 10.3. The van der Waals surface area contributed by atoms with Gasteiger partial charge < -0.3 is 0 Å². The molecule has 0 amide bonds. The fourth-order valence-corrected chi connectivity index (χ4v) is 2.37. The van der Waals surface area contributed by atoms with E-state index in [9.17, 15) is 0 Å². The van der Waals surface area contributed by atoms with Crippen molar-refractivity contribution >= 4 is 0 Å². The Morgan fingerprint density at radius 1 is 0.750 bits per heavy atom. The van der Waals surface area contributed by atoms with Crippen molar-refractivity contribution in [3.63, 3.8) is 0 Å². The van der Waals surface area contributed by atoms with Crippen LogP contribution >= 0.6 is 0 Å². The van der Waals surface area contributed by atoms with Gasteiger partial charge in [-0.15, -0.1) is 10.2 Å². The zero-order valence-electron chi connectivity index (χ0n) is 15.0. The SMILES string of the molecule is CC.CCc1cn(Cc2ccccc2Cn2cc(CC)nn2)nn1. The minimum atomic E-state index is 0.721. The maximum Gasteiger partial charge on any atom is 0.0824 e. The van der Waals surface area contributed by atoms with Crippen LogP contribution in [0.5, 0.6) is 0 Å². The second-order valence-corrected chi connectivity index (χ2v) is 5.29. The van der Waals surface area contributed by atoms with Crippen molar-refractivity contribution in [3.05, 3.63) is 59.2 Å². The Bertz CT molecular complexity index is 680. The van der Waals surface area contributed by atoms with E-state index in [0.717, 1.165) is 37.3 Å². The van der Waals surface area contributed by atoms with Crippen LogP contribution in [0.1, 0.15) is 50.2 Å². The van der Waals surface area contributed by atoms with Crippen molar-refractivity contribution < 1.29 is 0 Å². The van der Waals surface area contributed by atoms with Crippen LogP contribution in [0.4, 0.5) is 0 Å². The van der Waals surface area contributed by atoms with Crippen molar-refractivity contribution in [2.24, 2.45) is 0 Å². The topological polar surface area (TPSA) is 61.4 Å². The van der Waals surface area contributed by atoms with Gasteiger partial charge >= 0.3 is 0 Å². The standard InChI is InChI=1S/C16H20N6.C2H6/c1-3-15-11-21(19-17-15)9-13-7-5-6-8-14(13)10-22-12-16(4-2)18-20-22;1-2/h5-8,11-12H,3-4,9-10H2,1-2H3;1-2H3. The van der Waals surface area contributed by atoms with Crippen molar-refractivity contribution in [1.29, 1.82) is 0 Å². The molecule has 0 saturated heterocycles. The number of hydrogen-bond donors (Lipinski definition) is 0. The monoisotopic (exact) mass is 326 g/mol. The highest BCUT2D eigenvalue weighted by Gasteiger charge is 2.07. The first-order chi connectivity index (χ1) is 11.8. The Kier molecular flexibility index (Phi) is 6.66. The molecule has 0 aliphatic carbocycles. The maximum atomic E-state index is 4.18. The van der Waals surface area contributed by atoms with Crippen LogP contribution in [0.2, 0.25) is 0 Å². The van der Waals surface area contributed by atoms with Crippen LogP contribution in [-0.4, -0.2) is 30.0 Å². The van der Waals surface area contributed by atoms with E-state index in [1.807, 2.05) is 35.6 Å². The lowest BCUT2D eigenvalue weighted by atomic mass is 10.1. The molecule has 0 spiro atoms. The summed E-state index contributed by atoms with van der Waals surface area (Å²) in [6.07, 6.45) is 5.81. The first kappa shape index (κ1) is 17.8. The Hall–Kier alpha value is -2.50. The third-order valence-electron chi connectivity index (χ3n) is 3.68. The van der Waals surface area contributed by atoms with Crippen LogP contribution in [0.15, 0.2) is 36.7 Å². The molecule has 0 N–H and O–H groups in total. The van der Waals surface area contributed by atoms with E-state index < -0.39 is 0 Å². The fourth-order valence-electron chi connectivity index (χ4n) is 2.37. The lowest BCUT2D eigenvalue weighted by Gasteiger charge is -2.09. The Labute approximate surface area is 143 Å². The van der Waals surface area contributed by atoms with Crippen LogP contribution < -0.4 is 0 Å². The molecule has 0 aliphatic rings. The molecule has 3 aromatic rings. The lowest BCUT2D eigenvalue weighted by Crippen LogP contribution is -2.07. The minimum absolute atomic E-state index is 0.721. The Morgan fingerprint density at radius 3 is 1.50 bits per heavy atom. The van der Waals surface area contributed by atoms with Crippen molar-refractivity contribution in [2.75, 3.05) is 0 Å². The van der Waals surface area contributed by atoms with E-state index in [-0.39, 0.29) is 0 Å². The van der Waals surface area contributed by atoms with Crippen LogP contribution in [0.25, 0.3) is 0 Å². The highest BCUT2D eigenvalue weighted by molar-refractivity contribution is 5.27. The predicted molar refractivity (Wildman–Crippen MR) is 94.8 cm³/mol. The average molecular weight is 326 g/mol. The summed E-state index contributed by atoms with van der Waals surface area (Å²) in [4.78, 5) is 0. The molecule has 0 saturated carbocycles. The number of hydrogen-bond acceptors (Lipinski definition) is 4. The van der Waals surface area contributed by atoms with E-state index >= 15 is 0 Å². The first-order valence-corrected chi connectivity index (χ1v) is 8.63. The summed E-state index contributed by atoms with van der Waals surface area (Å²) in [5.41, 5.74) is 4.48. The molecule has 0 atom stereocenters. The van der Waals surface area contributed by atoms with Crippen LogP contribution in [0.3, 0.4) is 0 Å². The van der Waals surface area contributed by atoms with Gasteiger partial charge in [0.15, 0.2) is 0 Å². The molecule has 6 nitrogen and oxygen atoms in total. The number of nitrogens with zero attached hydrogens (tertiary/aromatic N) is 6. The number of benzene rings is 1. The Morgan fingerprint density at radius 2 is 1.17 bits per heavy atom. The van der Waals surface area contributed by atoms with E-state index in [2.05, 4.69) is 58.7 Å². The molecule has 0 bridgehead atoms. The summed E-state index contributed by atoms with van der Waals surface area (Å²) in [6.45, 7) is 9.60. The minimum Gasteiger partial charge on any atom is -0.248 e. The smallest absolute Gasteiger partial charge is 0.0824 e. The molecule has 0 radical (unpaired) electrons. The second-order valence-electron chi connectivity index (χ2n) is 5.29. The molecule has 6 heteroatoms. The van der Waals surface area contributed by atoms with Gasteiger partial charge in [-0.25, -0.2) is 9.36 Å². The van der Waals surface area contributed by atoms with Gasteiger partial charge in [0.25, 0.3) is 0 Å². The van der Waals surface area contributed by atoms with E-state index in [1.165, 1.54) is 11.1 Å². The van der Waals surface area contributed by atoms with Gasteiger partial charge in [-0.05, 0) is 24.0 Å². The summed E-state index contributed by atoms with van der Waals surface area (Å²) >= 11 is 0. The maximum absolute atomic E-state index is 4.18. The lowest BCUT2D eigenvalue weighted by molar-refractivity contribution is 0.620. The van der Waals surface area contributed by atoms with Gasteiger partial charge in [0.2, 0.25) is 0 Å². The largest absolute Gasteiger partial charge is 0.248 e. The van der Waals surface area contributed by atoms with Gasteiger partial charge in [0, 0.05) is 12.4 Å². The zero-order chi connectivity index (χ0) is 17.4. The molecule has 24 heavy (non-hydrogen) atoms. The quantitative estimate of drug-likeness (QED) is 0.698. The molecule has 1 aromatic carbocycles. The highest BCUT2D eigenvalue weighted by Crippen LogP contribution is 2.12. The molecular formula is C18H26N6. The molecule has 3 rings (SSSR count). The van der Waals surface area contributed by atoms with E-state index in [0.29, 0.717) is 0 Å². The molecule has 128 valence electrons. The summed E-state index contributed by atoms with van der Waals surface area (Å²) in [5.74, 6) is 0. The number of aryl methyl sites for hydroxylation is 2. The van der Waals surface area contributed by atoms with Crippen LogP contribution in [0, 0.1) is 0 Å². The van der Waals surface area contributed by atoms with Gasteiger partial charge in [-0.2, -0.15) is 0 Å². The zero-order valence-corrected chi connectivity index (χ0v) is 15.0. The summed E-state index contributed by atoms with van der Waals surface area (Å²) in [7, 11) is 0. The van der Waals surface area contributed by atoms with Crippen molar-refractivity contribution in [1.82, 2.24) is 30.0 Å². The van der Waals surface area contributed by atoms with Crippen LogP contribution in [-0.2, 0) is 25.9 Å². The molecule has 0 aliphatic heterocycles. The number of rotatable bonds is 6. The van der Waals surface area contributed by atoms with Gasteiger partial charge in [-0.1, -0.05) is 62.4 Å². The Balaban J connectivity index is 0.00000100. The van der Waals surface area contributed by atoms with Crippen molar-refractivity contribution in [2.45, 2.75) is 53.6 Å². The second kappa shape index (κ2) is 8.96. The van der Waals surface area contributed by atoms with E-state index in [4.69, 9.17) is 0 Å². The molecule has 2 aromatic heterocycles. The summed E-state index contributed by atoms with van der Waals surface area (Å²) in [6, 6.07) is 8.35. The van der Waals surface area contributed by atoms with E-state index in [1.54, 1.807) is 0 Å². The first-order valence-electron chi connectivity index (χ1n) is 8.63. The average Bonchev–Trinajstić information content (AvgIpc) is 3.27. The van der Waals surface area contributed by atoms with Gasteiger partial charge in [-0.3, -0.25) is 0 Å². The third kappa shape index (κ3) is 4.50. The van der Waals surface area contributed by atoms with Crippen molar-refractivity contribution in [3.8, 4) is 0 Å². The highest BCUT2D eigenvalue weighted by atomic mass is 15.4. The predicted octanol–water partition coefficient (Wildman–Crippen LogP) is 3.12. The number of aromatic nitrogens is 6. The summed E-state index contributed by atoms with van der Waals surface area (Å²) < 4.78 is 3.77.